The van der Waals surface area contributed by atoms with Gasteiger partial charge in [0.1, 0.15) is 17.5 Å². The van der Waals surface area contributed by atoms with Crippen molar-refractivity contribution in [3.8, 4) is 17.3 Å². The lowest BCUT2D eigenvalue weighted by atomic mass is 9.99. The van der Waals surface area contributed by atoms with E-state index in [4.69, 9.17) is 10.7 Å². The molecule has 0 radical (unpaired) electrons. The fraction of sp³-hybridized carbons (Fsp3) is 0.467. The molecule has 0 saturated carbocycles. The van der Waals surface area contributed by atoms with E-state index in [-0.39, 0.29) is 35.6 Å². The number of aromatic nitrogens is 3. The summed E-state index contributed by atoms with van der Waals surface area (Å²) in [6.45, 7) is 5.58. The van der Waals surface area contributed by atoms with Crippen LogP contribution in [0.3, 0.4) is 0 Å². The quantitative estimate of drug-likeness (QED) is 0.240. The molecule has 2 amide bonds. The number of halogens is 1. The molecule has 2 saturated heterocycles. The molecule has 2 fully saturated rings. The number of aryl methyl sites for hydroxylation is 1. The molecular formula is C30H37ClN8O2S2. The summed E-state index contributed by atoms with van der Waals surface area (Å²) >= 11 is 2.96. The van der Waals surface area contributed by atoms with E-state index in [0.29, 0.717) is 46.7 Å². The van der Waals surface area contributed by atoms with E-state index in [9.17, 15) is 14.9 Å². The topological polar surface area (TPSA) is 141 Å². The highest BCUT2D eigenvalue weighted by Crippen LogP contribution is 2.30. The van der Waals surface area contributed by atoms with Gasteiger partial charge in [-0.2, -0.15) is 5.26 Å². The van der Waals surface area contributed by atoms with Crippen LogP contribution in [0, 0.1) is 11.3 Å². The molecular weight excluding hydrogens is 604 g/mol. The number of anilines is 2. The number of thioether (sulfide) groups is 1. The van der Waals surface area contributed by atoms with Crippen LogP contribution in [-0.4, -0.2) is 68.8 Å². The van der Waals surface area contributed by atoms with E-state index in [1.54, 1.807) is 35.6 Å². The number of nitrogen functional groups attached to an aromatic ring is 1. The number of carbonyl (C=O) groups excluding carboxylic acids is 2. The van der Waals surface area contributed by atoms with Gasteiger partial charge in [-0.3, -0.25) is 9.59 Å². The molecule has 5 rings (SSSR count). The molecule has 0 unspecified atom stereocenters. The number of benzene rings is 1. The highest BCUT2D eigenvalue weighted by Gasteiger charge is 2.27. The maximum Gasteiger partial charge on any atom is 0.222 e. The minimum absolute atomic E-state index is 0. The molecule has 0 aliphatic carbocycles. The second-order valence-corrected chi connectivity index (χ2v) is 12.6. The van der Waals surface area contributed by atoms with Crippen LogP contribution in [0.5, 0.6) is 0 Å². The Morgan fingerprint density at radius 2 is 1.81 bits per heavy atom. The number of nitriles is 1. The van der Waals surface area contributed by atoms with Crippen molar-refractivity contribution in [2.24, 2.45) is 0 Å². The molecule has 3 N–H and O–H groups in total. The molecule has 0 atom stereocenters. The summed E-state index contributed by atoms with van der Waals surface area (Å²) in [5.41, 5.74) is 9.02. The van der Waals surface area contributed by atoms with Gasteiger partial charge in [-0.25, -0.2) is 15.0 Å². The van der Waals surface area contributed by atoms with Gasteiger partial charge in [0.15, 0.2) is 5.16 Å². The molecule has 1 aromatic carbocycles. The van der Waals surface area contributed by atoms with Gasteiger partial charge < -0.3 is 20.9 Å². The van der Waals surface area contributed by atoms with Gasteiger partial charge in [0.25, 0.3) is 0 Å². The average molecular weight is 641 g/mol. The number of nitrogens with one attached hydrogen (secondary N) is 1. The molecule has 2 aliphatic rings. The molecule has 0 bridgehead atoms. The Hall–Kier alpha value is -3.24. The van der Waals surface area contributed by atoms with E-state index < -0.39 is 0 Å². The Bertz CT molecular complexity index is 1450. The highest BCUT2D eigenvalue weighted by atomic mass is 35.5. The number of hydrogen-bond donors (Lipinski definition) is 2. The number of thiazole rings is 1. The summed E-state index contributed by atoms with van der Waals surface area (Å²) < 4.78 is 0. The van der Waals surface area contributed by atoms with Gasteiger partial charge in [-0.15, -0.1) is 23.7 Å². The molecule has 228 valence electrons. The van der Waals surface area contributed by atoms with Gasteiger partial charge in [-0.05, 0) is 50.9 Å². The van der Waals surface area contributed by atoms with Crippen molar-refractivity contribution in [1.29, 1.82) is 5.26 Å². The largest absolute Gasteiger partial charge is 0.382 e. The van der Waals surface area contributed by atoms with Gasteiger partial charge >= 0.3 is 0 Å². The van der Waals surface area contributed by atoms with Crippen LogP contribution in [-0.2, 0) is 21.8 Å². The normalized spacial score (nSPS) is 15.9. The standard InChI is InChI=1S/C30H36N8O2S2.ClH/c1-20(39)33-22-7-5-21(6-8-22)28-25(17-31)29(32)36-30(35-28)42-19-23-18-41-26(34-23)9-10-27(40)38-15-11-24(12-16-38)37-13-3-2-4-14-37;/h5-8,18,24H,2-4,9-16,19H2,1H3,(H,33,39)(H2,32,35,36);1H. The Morgan fingerprint density at radius 1 is 1.09 bits per heavy atom. The summed E-state index contributed by atoms with van der Waals surface area (Å²) in [5.74, 6) is 0.719. The first-order valence-corrected chi connectivity index (χ1v) is 16.3. The first-order valence-electron chi connectivity index (χ1n) is 14.4. The van der Waals surface area contributed by atoms with Crippen LogP contribution in [0.15, 0.2) is 34.8 Å². The lowest BCUT2D eigenvalue weighted by molar-refractivity contribution is -0.132. The zero-order valence-electron chi connectivity index (χ0n) is 24.3. The fourth-order valence-electron chi connectivity index (χ4n) is 5.56. The highest BCUT2D eigenvalue weighted by molar-refractivity contribution is 7.98. The maximum atomic E-state index is 12.9. The monoisotopic (exact) mass is 640 g/mol. The van der Waals surface area contributed by atoms with Gasteiger partial charge in [0.05, 0.1) is 16.4 Å². The van der Waals surface area contributed by atoms with Gasteiger partial charge in [-0.1, -0.05) is 30.3 Å². The van der Waals surface area contributed by atoms with Crippen molar-refractivity contribution in [3.05, 3.63) is 45.9 Å². The second-order valence-electron chi connectivity index (χ2n) is 10.7. The van der Waals surface area contributed by atoms with Crippen LogP contribution in [0.25, 0.3) is 11.3 Å². The maximum absolute atomic E-state index is 12.9. The molecule has 3 aromatic rings. The minimum Gasteiger partial charge on any atom is -0.382 e. The Morgan fingerprint density at radius 3 is 2.49 bits per heavy atom. The lowest BCUT2D eigenvalue weighted by Gasteiger charge is -2.40. The van der Waals surface area contributed by atoms with Crippen LogP contribution >= 0.6 is 35.5 Å². The SMILES string of the molecule is CC(=O)Nc1ccc(-c2nc(SCc3csc(CCC(=O)N4CCC(N5CCCCC5)CC4)n3)nc(N)c2C#N)cc1.Cl. The summed E-state index contributed by atoms with van der Waals surface area (Å²) in [5, 5.41) is 15.8. The van der Waals surface area contributed by atoms with Crippen LogP contribution in [0.2, 0.25) is 0 Å². The van der Waals surface area contributed by atoms with Crippen molar-refractivity contribution < 1.29 is 9.59 Å². The van der Waals surface area contributed by atoms with Crippen molar-refractivity contribution in [2.75, 3.05) is 37.2 Å². The number of amides is 2. The minimum atomic E-state index is -0.162. The second kappa shape index (κ2) is 15.5. The Labute approximate surface area is 266 Å². The van der Waals surface area contributed by atoms with E-state index >= 15 is 0 Å². The lowest BCUT2D eigenvalue weighted by Crippen LogP contribution is -2.48. The van der Waals surface area contributed by atoms with Crippen molar-refractivity contribution in [1.82, 2.24) is 24.8 Å². The number of nitrogens with zero attached hydrogens (tertiary/aromatic N) is 6. The number of nitrogens with two attached hydrogens (primary N) is 1. The van der Waals surface area contributed by atoms with E-state index in [1.165, 1.54) is 51.0 Å². The number of hydrogen-bond acceptors (Lipinski definition) is 10. The third kappa shape index (κ3) is 8.66. The van der Waals surface area contributed by atoms with Gasteiger partial charge in [0.2, 0.25) is 11.8 Å². The molecule has 2 aromatic heterocycles. The van der Waals surface area contributed by atoms with E-state index in [2.05, 4.69) is 26.3 Å². The molecule has 4 heterocycles. The molecule has 0 spiro atoms. The predicted molar refractivity (Wildman–Crippen MR) is 173 cm³/mol. The average Bonchev–Trinajstić information content (AvgIpc) is 3.47. The van der Waals surface area contributed by atoms with Crippen LogP contribution < -0.4 is 11.1 Å². The fourth-order valence-corrected chi connectivity index (χ4v) is 7.21. The summed E-state index contributed by atoms with van der Waals surface area (Å²) in [6.07, 6.45) is 7.24. The Kier molecular flexibility index (Phi) is 11.8. The van der Waals surface area contributed by atoms with Crippen molar-refractivity contribution in [3.63, 3.8) is 0 Å². The van der Waals surface area contributed by atoms with Crippen LogP contribution in [0.1, 0.15) is 61.7 Å². The smallest absolute Gasteiger partial charge is 0.222 e. The first-order chi connectivity index (χ1) is 20.4. The van der Waals surface area contributed by atoms with Gasteiger partial charge in [0, 0.05) is 61.3 Å². The summed E-state index contributed by atoms with van der Waals surface area (Å²) in [7, 11) is 0. The molecule has 10 nitrogen and oxygen atoms in total. The van der Waals surface area contributed by atoms with Crippen LogP contribution in [0.4, 0.5) is 11.5 Å². The van der Waals surface area contributed by atoms with E-state index in [1.807, 2.05) is 10.3 Å². The molecule has 13 heteroatoms. The first kappa shape index (κ1) is 32.7. The van der Waals surface area contributed by atoms with Crippen molar-refractivity contribution >= 4 is 58.8 Å². The number of carbonyl (C=O) groups is 2. The number of piperidine rings is 2. The molecule has 43 heavy (non-hydrogen) atoms. The number of likely N-dealkylation sites (tertiary alicyclic amines) is 2. The Balaban J connectivity index is 0.00000423. The zero-order chi connectivity index (χ0) is 29.5. The predicted octanol–water partition coefficient (Wildman–Crippen LogP) is 5.14. The third-order valence-electron chi connectivity index (χ3n) is 7.73. The number of rotatable bonds is 9. The zero-order valence-corrected chi connectivity index (χ0v) is 26.7. The van der Waals surface area contributed by atoms with Crippen molar-refractivity contribution in [2.45, 2.75) is 68.8 Å². The third-order valence-corrected chi connectivity index (χ3v) is 9.57. The summed E-state index contributed by atoms with van der Waals surface area (Å²) in [6, 6.07) is 9.81. The van der Waals surface area contributed by atoms with E-state index in [0.717, 1.165) is 36.6 Å². The molecule has 2 aliphatic heterocycles. The summed E-state index contributed by atoms with van der Waals surface area (Å²) in [4.78, 5) is 42.5.